The number of amides is 1. The van der Waals surface area contributed by atoms with E-state index in [-0.39, 0.29) is 18.6 Å². The zero-order valence-corrected chi connectivity index (χ0v) is 12.4. The van der Waals surface area contributed by atoms with Gasteiger partial charge in [0, 0.05) is 23.8 Å². The summed E-state index contributed by atoms with van der Waals surface area (Å²) in [5, 5.41) is 3.39. The van der Waals surface area contributed by atoms with Crippen LogP contribution in [0, 0.1) is 0 Å². The van der Waals surface area contributed by atoms with Crippen LogP contribution < -0.4 is 11.1 Å². The summed E-state index contributed by atoms with van der Waals surface area (Å²) in [6, 6.07) is 7.04. The van der Waals surface area contributed by atoms with Crippen molar-refractivity contribution in [2.45, 2.75) is 6.10 Å². The van der Waals surface area contributed by atoms with Crippen LogP contribution in [0.5, 0.6) is 0 Å². The van der Waals surface area contributed by atoms with Crippen LogP contribution in [0.1, 0.15) is 0 Å². The zero-order valence-electron chi connectivity index (χ0n) is 10.8. The number of nitrogens with two attached hydrogens (primary N) is 1. The first-order valence-corrected chi connectivity index (χ1v) is 7.02. The summed E-state index contributed by atoms with van der Waals surface area (Å²) in [4.78, 5) is 14.3. The fourth-order valence-corrected chi connectivity index (χ4v) is 2.32. The summed E-state index contributed by atoms with van der Waals surface area (Å²) in [5.41, 5.74) is 6.25. The monoisotopic (exact) mass is 313 g/mol. The van der Waals surface area contributed by atoms with Crippen molar-refractivity contribution >= 4 is 40.4 Å². The molecule has 1 heterocycles. The molecule has 1 fully saturated rings. The van der Waals surface area contributed by atoms with Gasteiger partial charge in [-0.25, -0.2) is 0 Å². The van der Waals surface area contributed by atoms with Gasteiger partial charge in [-0.15, -0.1) is 0 Å². The standard InChI is InChI=1S/C13H16ClN3O2S/c14-9-2-1-3-10(6-9)16-12(18)8-17-4-5-19-11(7-17)13(15)20/h1-3,6,11H,4-5,7-8H2,(H2,15,20)(H,16,18). The number of benzene rings is 1. The Labute approximate surface area is 128 Å². The maximum absolute atomic E-state index is 12.0. The fraction of sp³-hybridized carbons (Fsp3) is 0.385. The highest BCUT2D eigenvalue weighted by atomic mass is 35.5. The minimum Gasteiger partial charge on any atom is -0.391 e. The molecule has 0 spiro atoms. The van der Waals surface area contributed by atoms with Crippen LogP contribution in [0.4, 0.5) is 5.69 Å². The molecule has 1 atom stereocenters. The van der Waals surface area contributed by atoms with E-state index >= 15 is 0 Å². The molecule has 0 aromatic heterocycles. The van der Waals surface area contributed by atoms with Crippen LogP contribution in [0.25, 0.3) is 0 Å². The number of carbonyl (C=O) groups is 1. The molecule has 1 amide bonds. The number of anilines is 1. The zero-order chi connectivity index (χ0) is 14.5. The number of thiocarbonyl (C=S) groups is 1. The third-order valence-electron chi connectivity index (χ3n) is 2.94. The lowest BCUT2D eigenvalue weighted by molar-refractivity contribution is -0.118. The van der Waals surface area contributed by atoms with Crippen molar-refractivity contribution < 1.29 is 9.53 Å². The van der Waals surface area contributed by atoms with Crippen molar-refractivity contribution in [1.82, 2.24) is 4.90 Å². The quantitative estimate of drug-likeness (QED) is 0.819. The van der Waals surface area contributed by atoms with E-state index in [0.29, 0.717) is 35.4 Å². The number of carbonyl (C=O) groups excluding carboxylic acids is 1. The van der Waals surface area contributed by atoms with E-state index in [2.05, 4.69) is 5.32 Å². The number of hydrogen-bond donors (Lipinski definition) is 2. The summed E-state index contributed by atoms with van der Waals surface area (Å²) in [6.07, 6.45) is -0.280. The molecule has 5 nitrogen and oxygen atoms in total. The fourth-order valence-electron chi connectivity index (χ4n) is 1.99. The van der Waals surface area contributed by atoms with E-state index in [1.807, 2.05) is 4.90 Å². The maximum Gasteiger partial charge on any atom is 0.238 e. The number of morpholine rings is 1. The Morgan fingerprint density at radius 2 is 2.40 bits per heavy atom. The molecule has 1 aromatic carbocycles. The Morgan fingerprint density at radius 3 is 3.10 bits per heavy atom. The van der Waals surface area contributed by atoms with Gasteiger partial charge < -0.3 is 15.8 Å². The molecule has 1 aromatic rings. The molecule has 1 unspecified atom stereocenters. The Bertz CT molecular complexity index is 512. The number of ether oxygens (including phenoxy) is 1. The summed E-state index contributed by atoms with van der Waals surface area (Å²) < 4.78 is 5.43. The van der Waals surface area contributed by atoms with E-state index in [1.54, 1.807) is 24.3 Å². The van der Waals surface area contributed by atoms with Crippen LogP contribution in [0.2, 0.25) is 5.02 Å². The first-order valence-electron chi connectivity index (χ1n) is 6.23. The molecule has 0 bridgehead atoms. The topological polar surface area (TPSA) is 67.6 Å². The van der Waals surface area contributed by atoms with E-state index in [0.717, 1.165) is 0 Å². The normalized spacial score (nSPS) is 19.6. The number of hydrogen-bond acceptors (Lipinski definition) is 4. The molecule has 1 aliphatic heterocycles. The number of rotatable bonds is 4. The molecule has 20 heavy (non-hydrogen) atoms. The Kier molecular flexibility index (Phi) is 5.31. The predicted molar refractivity (Wildman–Crippen MR) is 83.0 cm³/mol. The first kappa shape index (κ1) is 15.2. The molecule has 0 radical (unpaired) electrons. The molecular formula is C13H16ClN3O2S. The highest BCUT2D eigenvalue weighted by Gasteiger charge is 2.23. The van der Waals surface area contributed by atoms with E-state index in [9.17, 15) is 4.79 Å². The van der Waals surface area contributed by atoms with Gasteiger partial charge in [0.25, 0.3) is 0 Å². The van der Waals surface area contributed by atoms with Gasteiger partial charge in [0.2, 0.25) is 5.91 Å². The summed E-state index contributed by atoms with van der Waals surface area (Å²) in [5.74, 6) is -0.101. The average Bonchev–Trinajstić information content (AvgIpc) is 2.38. The SMILES string of the molecule is NC(=S)C1CN(CC(=O)Nc2cccc(Cl)c2)CCO1. The Morgan fingerprint density at radius 1 is 1.60 bits per heavy atom. The van der Waals surface area contributed by atoms with Crippen molar-refractivity contribution in [2.24, 2.45) is 5.73 Å². The number of nitrogens with zero attached hydrogens (tertiary/aromatic N) is 1. The van der Waals surface area contributed by atoms with Gasteiger partial charge in [0.05, 0.1) is 13.2 Å². The molecule has 1 saturated heterocycles. The summed E-state index contributed by atoms with van der Waals surface area (Å²) >= 11 is 10.8. The molecule has 1 aliphatic rings. The predicted octanol–water partition coefficient (Wildman–Crippen LogP) is 1.27. The maximum atomic E-state index is 12.0. The number of nitrogens with one attached hydrogen (secondary N) is 1. The number of halogens is 1. The molecule has 0 aliphatic carbocycles. The van der Waals surface area contributed by atoms with Crippen LogP contribution in [0.15, 0.2) is 24.3 Å². The van der Waals surface area contributed by atoms with Gasteiger partial charge in [-0.3, -0.25) is 9.69 Å². The minimum atomic E-state index is -0.280. The van der Waals surface area contributed by atoms with Crippen LogP contribution in [-0.2, 0) is 9.53 Å². The third-order valence-corrected chi connectivity index (χ3v) is 3.44. The first-order chi connectivity index (χ1) is 9.54. The second-order valence-corrected chi connectivity index (χ2v) is 5.46. The average molecular weight is 314 g/mol. The van der Waals surface area contributed by atoms with Gasteiger partial charge in [-0.2, -0.15) is 0 Å². The second kappa shape index (κ2) is 6.99. The minimum absolute atomic E-state index is 0.101. The van der Waals surface area contributed by atoms with Crippen LogP contribution in [-0.4, -0.2) is 48.1 Å². The highest BCUT2D eigenvalue weighted by Crippen LogP contribution is 2.15. The summed E-state index contributed by atoms with van der Waals surface area (Å²) in [6.45, 7) is 2.02. The molecule has 108 valence electrons. The third kappa shape index (κ3) is 4.42. The lowest BCUT2D eigenvalue weighted by Crippen LogP contribution is -2.49. The molecule has 7 heteroatoms. The molecule has 0 saturated carbocycles. The lowest BCUT2D eigenvalue weighted by atomic mass is 10.2. The van der Waals surface area contributed by atoms with Crippen LogP contribution in [0.3, 0.4) is 0 Å². The Hall–Kier alpha value is -1.21. The molecule has 2 rings (SSSR count). The van der Waals surface area contributed by atoms with Gasteiger partial charge in [0.15, 0.2) is 0 Å². The van der Waals surface area contributed by atoms with E-state index in [1.165, 1.54) is 0 Å². The Balaban J connectivity index is 1.86. The van der Waals surface area contributed by atoms with Crippen molar-refractivity contribution in [3.8, 4) is 0 Å². The van der Waals surface area contributed by atoms with Gasteiger partial charge in [0.1, 0.15) is 11.1 Å². The smallest absolute Gasteiger partial charge is 0.238 e. The second-order valence-electron chi connectivity index (χ2n) is 4.56. The van der Waals surface area contributed by atoms with E-state index in [4.69, 9.17) is 34.3 Å². The van der Waals surface area contributed by atoms with Crippen molar-refractivity contribution in [1.29, 1.82) is 0 Å². The van der Waals surface area contributed by atoms with Gasteiger partial charge in [-0.1, -0.05) is 29.9 Å². The molecular weight excluding hydrogens is 298 g/mol. The molecule has 3 N–H and O–H groups in total. The lowest BCUT2D eigenvalue weighted by Gasteiger charge is -2.31. The van der Waals surface area contributed by atoms with Crippen molar-refractivity contribution in [3.05, 3.63) is 29.3 Å². The van der Waals surface area contributed by atoms with E-state index < -0.39 is 0 Å². The largest absolute Gasteiger partial charge is 0.391 e. The van der Waals surface area contributed by atoms with Crippen LogP contribution >= 0.6 is 23.8 Å². The van der Waals surface area contributed by atoms with Crippen molar-refractivity contribution in [2.75, 3.05) is 31.6 Å². The summed E-state index contributed by atoms with van der Waals surface area (Å²) in [7, 11) is 0. The van der Waals surface area contributed by atoms with Crippen molar-refractivity contribution in [3.63, 3.8) is 0 Å². The highest BCUT2D eigenvalue weighted by molar-refractivity contribution is 7.80. The van der Waals surface area contributed by atoms with Gasteiger partial charge in [-0.05, 0) is 18.2 Å². The van der Waals surface area contributed by atoms with Gasteiger partial charge >= 0.3 is 0 Å².